The van der Waals surface area contributed by atoms with Crippen molar-refractivity contribution in [2.75, 3.05) is 16.3 Å². The zero-order chi connectivity index (χ0) is 21.8. The van der Waals surface area contributed by atoms with Crippen LogP contribution in [0, 0.1) is 6.92 Å². The van der Waals surface area contributed by atoms with Crippen LogP contribution in [0.25, 0.3) is 5.52 Å². The summed E-state index contributed by atoms with van der Waals surface area (Å²) in [6, 6.07) is 8.82. The van der Waals surface area contributed by atoms with E-state index in [4.69, 9.17) is 0 Å². The van der Waals surface area contributed by atoms with E-state index in [0.717, 1.165) is 12.3 Å². The zero-order valence-corrected chi connectivity index (χ0v) is 17.4. The van der Waals surface area contributed by atoms with Crippen LogP contribution in [0.5, 0.6) is 5.75 Å². The second-order valence-corrected chi connectivity index (χ2v) is 10.1. The maximum Gasteiger partial charge on any atom is 0.286 e. The highest BCUT2D eigenvalue weighted by atomic mass is 32.2. The molecule has 156 valence electrons. The molecule has 0 fully saturated rings. The highest BCUT2D eigenvalue weighted by molar-refractivity contribution is 7.92. The first-order chi connectivity index (χ1) is 14.0. The van der Waals surface area contributed by atoms with Gasteiger partial charge in [0.15, 0.2) is 5.84 Å². The number of sulfonamides is 2. The summed E-state index contributed by atoms with van der Waals surface area (Å²) in [6.07, 6.45) is 2.44. The van der Waals surface area contributed by atoms with Crippen LogP contribution in [-0.2, 0) is 20.0 Å². The van der Waals surface area contributed by atoms with E-state index >= 15 is 0 Å². The molecule has 1 aliphatic rings. The van der Waals surface area contributed by atoms with E-state index in [-0.39, 0.29) is 33.4 Å². The van der Waals surface area contributed by atoms with Gasteiger partial charge in [-0.3, -0.25) is 13.9 Å². The number of aryl methyl sites for hydroxylation is 1. The van der Waals surface area contributed by atoms with E-state index < -0.39 is 25.6 Å². The Morgan fingerprint density at radius 2 is 1.93 bits per heavy atom. The van der Waals surface area contributed by atoms with Crippen LogP contribution in [0.1, 0.15) is 11.1 Å². The maximum atomic E-state index is 12.9. The number of fused-ring (bicyclic) bond motifs is 2. The lowest BCUT2D eigenvalue weighted by Crippen LogP contribution is -2.30. The Morgan fingerprint density at radius 1 is 1.20 bits per heavy atom. The molecule has 4 rings (SSSR count). The number of pyridine rings is 2. The summed E-state index contributed by atoms with van der Waals surface area (Å²) in [6.45, 7) is 1.60. The summed E-state index contributed by atoms with van der Waals surface area (Å²) in [7, 11) is -7.90. The fourth-order valence-corrected chi connectivity index (χ4v) is 4.92. The van der Waals surface area contributed by atoms with Gasteiger partial charge in [0.05, 0.1) is 17.5 Å². The molecule has 3 heterocycles. The number of hydrogen-bond donors (Lipinski definition) is 3. The van der Waals surface area contributed by atoms with Crippen molar-refractivity contribution in [3.63, 3.8) is 0 Å². The Balaban J connectivity index is 1.90. The Morgan fingerprint density at radius 3 is 2.63 bits per heavy atom. The average Bonchev–Trinajstić information content (AvgIpc) is 2.65. The van der Waals surface area contributed by atoms with Gasteiger partial charge in [0.2, 0.25) is 10.0 Å². The Bertz CT molecular complexity index is 1520. The number of aromatic hydroxyl groups is 1. The van der Waals surface area contributed by atoms with Crippen LogP contribution in [0.4, 0.5) is 11.4 Å². The van der Waals surface area contributed by atoms with Crippen LogP contribution in [0.15, 0.2) is 56.7 Å². The number of nitrogens with zero attached hydrogens (tertiary/aromatic N) is 2. The maximum absolute atomic E-state index is 12.9. The molecule has 0 saturated carbocycles. The number of nitrogens with one attached hydrogen (secondary N) is 2. The number of hydrogen-bond acceptors (Lipinski definition) is 7. The second kappa shape index (κ2) is 6.57. The minimum Gasteiger partial charge on any atom is -0.507 e. The molecule has 2 aromatic heterocycles. The summed E-state index contributed by atoms with van der Waals surface area (Å²) in [5.41, 5.74) is 0.0571. The van der Waals surface area contributed by atoms with Gasteiger partial charge in [-0.05, 0) is 37.3 Å². The third kappa shape index (κ3) is 3.29. The third-order valence-electron chi connectivity index (χ3n) is 4.53. The minimum atomic E-state index is -4.29. The molecule has 0 unspecified atom stereocenters. The lowest BCUT2D eigenvalue weighted by atomic mass is 10.1. The monoisotopic (exact) mass is 448 g/mol. The quantitative estimate of drug-likeness (QED) is 0.546. The van der Waals surface area contributed by atoms with E-state index in [1.807, 2.05) is 0 Å². The van der Waals surface area contributed by atoms with E-state index in [1.54, 1.807) is 25.1 Å². The largest absolute Gasteiger partial charge is 0.507 e. The van der Waals surface area contributed by atoms with Crippen LogP contribution < -0.4 is 15.6 Å². The first-order valence-electron chi connectivity index (χ1n) is 8.55. The molecular formula is C18H16N4O6S2. The summed E-state index contributed by atoms with van der Waals surface area (Å²) < 4.78 is 55.5. The van der Waals surface area contributed by atoms with Gasteiger partial charge in [-0.25, -0.2) is 8.42 Å². The molecule has 0 spiro atoms. The van der Waals surface area contributed by atoms with Gasteiger partial charge in [-0.15, -0.1) is 4.40 Å². The second-order valence-electron chi connectivity index (χ2n) is 6.73. The van der Waals surface area contributed by atoms with Crippen molar-refractivity contribution in [3.8, 4) is 5.75 Å². The number of rotatable bonds is 3. The van der Waals surface area contributed by atoms with Crippen molar-refractivity contribution in [1.29, 1.82) is 0 Å². The van der Waals surface area contributed by atoms with Crippen molar-refractivity contribution < 1.29 is 21.9 Å². The van der Waals surface area contributed by atoms with Crippen LogP contribution >= 0.6 is 0 Å². The lowest BCUT2D eigenvalue weighted by molar-refractivity contribution is 0.469. The van der Waals surface area contributed by atoms with Gasteiger partial charge in [-0.1, -0.05) is 6.07 Å². The predicted octanol–water partition coefficient (Wildman–Crippen LogP) is 1.25. The van der Waals surface area contributed by atoms with Crippen molar-refractivity contribution in [2.24, 2.45) is 4.40 Å². The summed E-state index contributed by atoms with van der Waals surface area (Å²) in [5.74, 6) is -0.707. The summed E-state index contributed by atoms with van der Waals surface area (Å²) in [4.78, 5) is 12.7. The molecule has 0 saturated heterocycles. The van der Waals surface area contributed by atoms with E-state index in [0.29, 0.717) is 11.1 Å². The first-order valence-corrected chi connectivity index (χ1v) is 11.9. The number of benzene rings is 1. The molecule has 0 bridgehead atoms. The van der Waals surface area contributed by atoms with Gasteiger partial charge in [-0.2, -0.15) is 8.42 Å². The molecule has 12 heteroatoms. The SMILES string of the molecule is Cc1c(O)c(C2=NS(=O)(=O)c3cc(NS(C)(=O)=O)ccc3N2)c(=O)n2ccccc12. The predicted molar refractivity (Wildman–Crippen MR) is 112 cm³/mol. The normalized spacial score (nSPS) is 15.2. The molecule has 10 nitrogen and oxygen atoms in total. The number of aromatic nitrogens is 1. The van der Waals surface area contributed by atoms with Gasteiger partial charge in [0, 0.05) is 17.4 Å². The zero-order valence-electron chi connectivity index (χ0n) is 15.7. The van der Waals surface area contributed by atoms with Crippen molar-refractivity contribution in [2.45, 2.75) is 11.8 Å². The molecular weight excluding hydrogens is 432 g/mol. The van der Waals surface area contributed by atoms with Crippen molar-refractivity contribution in [1.82, 2.24) is 4.40 Å². The fraction of sp³-hybridized carbons (Fsp3) is 0.111. The van der Waals surface area contributed by atoms with Crippen LogP contribution in [0.2, 0.25) is 0 Å². The number of amidine groups is 1. The molecule has 1 aliphatic heterocycles. The smallest absolute Gasteiger partial charge is 0.286 e. The molecule has 0 atom stereocenters. The first kappa shape index (κ1) is 19.9. The standard InChI is InChI=1S/C18H16N4O6S2/c1-10-13-5-3-4-8-22(13)18(24)15(16(10)23)17-19-12-7-6-11(20-29(2,25)26)9-14(12)30(27,28)21-17/h3-9,20,23H,1-2H3,(H,19,21). The highest BCUT2D eigenvalue weighted by Gasteiger charge is 2.30. The van der Waals surface area contributed by atoms with Crippen LogP contribution in [-0.4, -0.2) is 38.4 Å². The Labute approximate surface area is 171 Å². The Kier molecular flexibility index (Phi) is 4.36. The third-order valence-corrected chi connectivity index (χ3v) is 6.46. The molecule has 0 aliphatic carbocycles. The van der Waals surface area contributed by atoms with Gasteiger partial charge < -0.3 is 10.4 Å². The fourth-order valence-electron chi connectivity index (χ4n) is 3.21. The van der Waals surface area contributed by atoms with Gasteiger partial charge >= 0.3 is 0 Å². The van der Waals surface area contributed by atoms with Crippen molar-refractivity contribution in [3.05, 3.63) is 64.1 Å². The molecule has 1 aromatic carbocycles. The number of anilines is 2. The molecule has 3 N–H and O–H groups in total. The average molecular weight is 448 g/mol. The van der Waals surface area contributed by atoms with Crippen LogP contribution in [0.3, 0.4) is 0 Å². The van der Waals surface area contributed by atoms with E-state index in [2.05, 4.69) is 14.4 Å². The van der Waals surface area contributed by atoms with E-state index in [9.17, 15) is 26.7 Å². The van der Waals surface area contributed by atoms with Gasteiger partial charge in [0.25, 0.3) is 15.6 Å². The minimum absolute atomic E-state index is 0.0461. The molecule has 3 aromatic rings. The highest BCUT2D eigenvalue weighted by Crippen LogP contribution is 2.33. The van der Waals surface area contributed by atoms with Crippen molar-refractivity contribution >= 4 is 42.8 Å². The molecule has 0 amide bonds. The van der Waals surface area contributed by atoms with E-state index in [1.165, 1.54) is 22.7 Å². The molecule has 30 heavy (non-hydrogen) atoms. The molecule has 0 radical (unpaired) electrons. The Hall–Kier alpha value is -3.38. The topological polar surface area (TPSA) is 146 Å². The van der Waals surface area contributed by atoms with Gasteiger partial charge in [0.1, 0.15) is 16.2 Å². The lowest BCUT2D eigenvalue weighted by Gasteiger charge is -2.20. The summed E-state index contributed by atoms with van der Waals surface area (Å²) >= 11 is 0. The summed E-state index contributed by atoms with van der Waals surface area (Å²) in [5, 5.41) is 13.4.